The number of nitrogens with one attached hydrogen (secondary N) is 1. The van der Waals surface area contributed by atoms with Crippen LogP contribution in [0.4, 0.5) is 15.0 Å². The van der Waals surface area contributed by atoms with Gasteiger partial charge in [-0.25, -0.2) is 9.18 Å². The first-order valence-electron chi connectivity index (χ1n) is 14.9. The van der Waals surface area contributed by atoms with E-state index in [-0.39, 0.29) is 29.4 Å². The first-order chi connectivity index (χ1) is 20.9. The Labute approximate surface area is 252 Å². The van der Waals surface area contributed by atoms with E-state index in [2.05, 4.69) is 25.1 Å². The minimum atomic E-state index is -0.702. The molecule has 226 valence electrons. The van der Waals surface area contributed by atoms with Gasteiger partial charge in [-0.05, 0) is 70.7 Å². The molecule has 3 aliphatic rings. The maximum Gasteiger partial charge on any atom is 0.508 e. The maximum absolute atomic E-state index is 16.5. The van der Waals surface area contributed by atoms with Gasteiger partial charge in [0.2, 0.25) is 0 Å². The first kappa shape index (κ1) is 28.0. The summed E-state index contributed by atoms with van der Waals surface area (Å²) in [6.07, 6.45) is 7.93. The molecule has 0 spiro atoms. The number of hydrogen-bond donors (Lipinski definition) is 1. The average Bonchev–Trinajstić information content (AvgIpc) is 3.72. The molecule has 1 N–H and O–H groups in total. The van der Waals surface area contributed by atoms with Gasteiger partial charge in [0.25, 0.3) is 0 Å². The van der Waals surface area contributed by atoms with Gasteiger partial charge < -0.3 is 19.1 Å². The van der Waals surface area contributed by atoms with Crippen LogP contribution in [0.1, 0.15) is 45.4 Å². The third-order valence-electron chi connectivity index (χ3n) is 8.91. The van der Waals surface area contributed by atoms with Gasteiger partial charge in [0.1, 0.15) is 29.7 Å². The highest BCUT2D eigenvalue weighted by atomic mass is 35.5. The number of fused-ring (bicyclic) bond motifs is 3. The Kier molecular flexibility index (Phi) is 7.42. The summed E-state index contributed by atoms with van der Waals surface area (Å²) in [5.41, 5.74) is 1.36. The van der Waals surface area contributed by atoms with Gasteiger partial charge in [-0.1, -0.05) is 11.6 Å². The lowest BCUT2D eigenvalue weighted by molar-refractivity contribution is 0.0217. The second-order valence-electron chi connectivity index (χ2n) is 11.5. The Morgan fingerprint density at radius 1 is 1.14 bits per heavy atom. The van der Waals surface area contributed by atoms with Crippen LogP contribution < -0.4 is 9.64 Å². The van der Waals surface area contributed by atoms with E-state index in [0.717, 1.165) is 45.2 Å². The van der Waals surface area contributed by atoms with Crippen LogP contribution in [0.25, 0.3) is 33.1 Å². The van der Waals surface area contributed by atoms with Crippen LogP contribution >= 0.6 is 11.6 Å². The zero-order valence-electron chi connectivity index (χ0n) is 23.9. The predicted octanol–water partition coefficient (Wildman–Crippen LogP) is 5.51. The molecule has 0 radical (unpaired) electrons. The van der Waals surface area contributed by atoms with Crippen molar-refractivity contribution in [2.24, 2.45) is 0 Å². The fourth-order valence-electron chi connectivity index (χ4n) is 6.90. The number of pyridine rings is 1. The molecule has 0 bridgehead atoms. The Morgan fingerprint density at radius 2 is 1.98 bits per heavy atom. The minimum absolute atomic E-state index is 0.0300. The zero-order valence-corrected chi connectivity index (χ0v) is 24.7. The SMILES string of the molecule is CCOC(=O)OC1CCCN(c2nc(OCC34CCCN3CCC4)nc3c(F)c(-c4cc(Cl)cc5[nH]ncc45)ncc23)C1. The van der Waals surface area contributed by atoms with Crippen molar-refractivity contribution < 1.29 is 23.4 Å². The number of piperidine rings is 1. The van der Waals surface area contributed by atoms with Crippen LogP contribution in [0, 0.1) is 5.82 Å². The summed E-state index contributed by atoms with van der Waals surface area (Å²) in [4.78, 5) is 30.5. The van der Waals surface area contributed by atoms with Gasteiger partial charge >= 0.3 is 12.2 Å². The number of anilines is 1. The Bertz CT molecular complexity index is 1670. The van der Waals surface area contributed by atoms with Crippen molar-refractivity contribution >= 4 is 45.4 Å². The largest absolute Gasteiger partial charge is 0.508 e. The second kappa shape index (κ2) is 11.4. The van der Waals surface area contributed by atoms with Crippen molar-refractivity contribution in [2.75, 3.05) is 44.3 Å². The van der Waals surface area contributed by atoms with Gasteiger partial charge in [-0.15, -0.1) is 0 Å². The minimum Gasteiger partial charge on any atom is -0.461 e. The Balaban J connectivity index is 1.29. The van der Waals surface area contributed by atoms with E-state index in [1.54, 1.807) is 31.5 Å². The lowest BCUT2D eigenvalue weighted by Gasteiger charge is -2.34. The molecule has 3 fully saturated rings. The number of aromatic nitrogens is 5. The summed E-state index contributed by atoms with van der Waals surface area (Å²) in [6.45, 7) is 5.54. The molecule has 1 unspecified atom stereocenters. The van der Waals surface area contributed by atoms with Crippen molar-refractivity contribution in [3.8, 4) is 17.3 Å². The summed E-state index contributed by atoms with van der Waals surface area (Å²) in [5, 5.41) is 8.55. The fraction of sp³-hybridized carbons (Fsp3) is 0.500. The fourth-order valence-corrected chi connectivity index (χ4v) is 7.12. The van der Waals surface area contributed by atoms with E-state index in [1.165, 1.54) is 0 Å². The normalized spacial score (nSPS) is 20.1. The molecule has 43 heavy (non-hydrogen) atoms. The van der Waals surface area contributed by atoms with Gasteiger partial charge in [-0.2, -0.15) is 15.1 Å². The molecule has 4 aromatic rings. The molecule has 0 aliphatic carbocycles. The van der Waals surface area contributed by atoms with E-state index in [0.29, 0.717) is 58.8 Å². The molecule has 11 nitrogen and oxygen atoms in total. The topological polar surface area (TPSA) is 119 Å². The van der Waals surface area contributed by atoms with Crippen LogP contribution in [0.3, 0.4) is 0 Å². The smallest absolute Gasteiger partial charge is 0.461 e. The summed E-state index contributed by atoms with van der Waals surface area (Å²) < 4.78 is 33.4. The second-order valence-corrected chi connectivity index (χ2v) is 12.0. The van der Waals surface area contributed by atoms with E-state index >= 15 is 4.39 Å². The Hall–Kier alpha value is -3.77. The molecular weight excluding hydrogens is 577 g/mol. The van der Waals surface area contributed by atoms with Crippen LogP contribution in [0.15, 0.2) is 24.5 Å². The third-order valence-corrected chi connectivity index (χ3v) is 9.12. The standard InChI is InChI=1S/C30H33ClFN7O4/c1-2-41-29(40)43-19-6-3-9-38(16-19)27-22-14-33-25(20-12-18(31)13-23-21(20)15-34-37-23)24(32)26(22)35-28(36-27)42-17-30-7-4-10-39(30)11-5-8-30/h12-15,19H,2-11,16-17H2,1H3,(H,34,37). The number of hydrogen-bond acceptors (Lipinski definition) is 10. The summed E-state index contributed by atoms with van der Waals surface area (Å²) >= 11 is 6.37. The molecule has 1 atom stereocenters. The number of H-pyrrole nitrogens is 1. The van der Waals surface area contributed by atoms with Gasteiger partial charge in [-0.3, -0.25) is 15.0 Å². The molecule has 6 heterocycles. The predicted molar refractivity (Wildman–Crippen MR) is 159 cm³/mol. The van der Waals surface area contributed by atoms with E-state index in [4.69, 9.17) is 30.8 Å². The number of nitrogens with zero attached hydrogens (tertiary/aromatic N) is 6. The van der Waals surface area contributed by atoms with Gasteiger partial charge in [0.15, 0.2) is 5.82 Å². The third kappa shape index (κ3) is 5.20. The number of ether oxygens (including phenoxy) is 3. The number of aromatic amines is 1. The van der Waals surface area contributed by atoms with Crippen LogP contribution in [0.5, 0.6) is 6.01 Å². The summed E-state index contributed by atoms with van der Waals surface area (Å²) in [6, 6.07) is 3.52. The van der Waals surface area contributed by atoms with Gasteiger partial charge in [0.05, 0.1) is 35.8 Å². The molecule has 3 saturated heterocycles. The number of carbonyl (C=O) groups excluding carboxylic acids is 1. The highest BCUT2D eigenvalue weighted by Gasteiger charge is 2.45. The van der Waals surface area contributed by atoms with E-state index < -0.39 is 18.1 Å². The molecule has 13 heteroatoms. The zero-order chi connectivity index (χ0) is 29.6. The monoisotopic (exact) mass is 609 g/mol. The lowest BCUT2D eigenvalue weighted by Crippen LogP contribution is -2.43. The number of carbonyl (C=O) groups is 1. The molecule has 3 aliphatic heterocycles. The summed E-state index contributed by atoms with van der Waals surface area (Å²) in [5.74, 6) is -0.115. The van der Waals surface area contributed by atoms with Crippen molar-refractivity contribution in [2.45, 2.75) is 57.1 Å². The highest BCUT2D eigenvalue weighted by Crippen LogP contribution is 2.40. The number of halogens is 2. The van der Waals surface area contributed by atoms with Gasteiger partial charge in [0, 0.05) is 28.7 Å². The van der Waals surface area contributed by atoms with Crippen LogP contribution in [-0.4, -0.2) is 87.2 Å². The molecule has 1 aromatic carbocycles. The molecule has 0 amide bonds. The highest BCUT2D eigenvalue weighted by molar-refractivity contribution is 6.31. The summed E-state index contributed by atoms with van der Waals surface area (Å²) in [7, 11) is 0. The van der Waals surface area contributed by atoms with Crippen LogP contribution in [-0.2, 0) is 9.47 Å². The van der Waals surface area contributed by atoms with Crippen molar-refractivity contribution in [1.82, 2.24) is 30.0 Å². The Morgan fingerprint density at radius 3 is 2.79 bits per heavy atom. The van der Waals surface area contributed by atoms with Crippen LogP contribution in [0.2, 0.25) is 5.02 Å². The number of rotatable bonds is 7. The molecule has 3 aromatic heterocycles. The van der Waals surface area contributed by atoms with E-state index in [9.17, 15) is 4.79 Å². The van der Waals surface area contributed by atoms with Crippen molar-refractivity contribution in [3.63, 3.8) is 0 Å². The van der Waals surface area contributed by atoms with Crippen molar-refractivity contribution in [1.29, 1.82) is 0 Å². The lowest BCUT2D eigenvalue weighted by atomic mass is 9.95. The number of benzene rings is 1. The first-order valence-corrected chi connectivity index (χ1v) is 15.3. The molecule has 7 rings (SSSR count). The molecule has 0 saturated carbocycles. The average molecular weight is 610 g/mol. The quantitative estimate of drug-likeness (QED) is 0.269. The maximum atomic E-state index is 16.5. The van der Waals surface area contributed by atoms with E-state index in [1.807, 2.05) is 4.90 Å². The molecular formula is C30H33ClFN7O4. The van der Waals surface area contributed by atoms with Crippen molar-refractivity contribution in [3.05, 3.63) is 35.4 Å².